The quantitative estimate of drug-likeness (QED) is 0.726. The van der Waals surface area contributed by atoms with Crippen LogP contribution in [0.3, 0.4) is 0 Å². The minimum absolute atomic E-state index is 0.166. The Morgan fingerprint density at radius 1 is 1.54 bits per heavy atom. The van der Waals surface area contributed by atoms with Crippen molar-refractivity contribution < 1.29 is 4.74 Å². The summed E-state index contributed by atoms with van der Waals surface area (Å²) >= 11 is 11.4. The Kier molecular flexibility index (Phi) is 3.82. The molecular weight excluding hydrogens is 209 g/mol. The number of ether oxygens (including phenoxy) is 1. The predicted octanol–water partition coefficient (Wildman–Crippen LogP) is 3.57. The van der Waals surface area contributed by atoms with Crippen LogP contribution in [-0.2, 0) is 0 Å². The molecule has 0 aliphatic heterocycles. The van der Waals surface area contributed by atoms with Crippen LogP contribution in [-0.4, -0.2) is 11.1 Å². The number of hydrogen-bond donors (Lipinski definition) is 0. The normalized spacial score (nSPS) is 12.6. The van der Waals surface area contributed by atoms with Crippen molar-refractivity contribution in [2.45, 2.75) is 26.4 Å². The molecule has 0 fully saturated rings. The van der Waals surface area contributed by atoms with Gasteiger partial charge in [-0.2, -0.15) is 0 Å². The molecule has 1 aromatic heterocycles. The van der Waals surface area contributed by atoms with Crippen molar-refractivity contribution in [1.29, 1.82) is 0 Å². The molecule has 0 radical (unpaired) electrons. The molecule has 0 aliphatic carbocycles. The predicted molar refractivity (Wildman–Crippen MR) is 54.6 cm³/mol. The second-order valence-corrected chi connectivity index (χ2v) is 3.55. The van der Waals surface area contributed by atoms with E-state index in [0.717, 1.165) is 6.42 Å². The zero-order valence-corrected chi connectivity index (χ0v) is 9.06. The SMILES string of the molecule is CCC(C)Oc1cnc(Cl)c(Cl)c1. The lowest BCUT2D eigenvalue weighted by Crippen LogP contribution is -2.09. The van der Waals surface area contributed by atoms with Crippen LogP contribution in [0, 0.1) is 0 Å². The molecule has 1 heterocycles. The van der Waals surface area contributed by atoms with Gasteiger partial charge in [0.05, 0.1) is 17.3 Å². The third-order valence-electron chi connectivity index (χ3n) is 1.68. The number of halogens is 2. The third kappa shape index (κ3) is 3.05. The van der Waals surface area contributed by atoms with E-state index in [9.17, 15) is 0 Å². The topological polar surface area (TPSA) is 22.1 Å². The molecule has 1 rings (SSSR count). The molecule has 0 N–H and O–H groups in total. The summed E-state index contributed by atoms with van der Waals surface area (Å²) in [6.07, 6.45) is 2.68. The highest BCUT2D eigenvalue weighted by Crippen LogP contribution is 2.24. The van der Waals surface area contributed by atoms with E-state index >= 15 is 0 Å². The van der Waals surface area contributed by atoms with E-state index in [1.807, 2.05) is 6.92 Å². The van der Waals surface area contributed by atoms with Gasteiger partial charge < -0.3 is 4.74 Å². The van der Waals surface area contributed by atoms with Crippen LogP contribution in [0.2, 0.25) is 10.2 Å². The zero-order valence-electron chi connectivity index (χ0n) is 7.55. The Bertz CT molecular complexity index is 291. The van der Waals surface area contributed by atoms with E-state index < -0.39 is 0 Å². The summed E-state index contributed by atoms with van der Waals surface area (Å²) in [5.41, 5.74) is 0. The molecule has 0 spiro atoms. The minimum Gasteiger partial charge on any atom is -0.489 e. The second-order valence-electron chi connectivity index (χ2n) is 2.78. The first-order valence-electron chi connectivity index (χ1n) is 4.11. The Morgan fingerprint density at radius 3 is 2.77 bits per heavy atom. The molecule has 0 aliphatic rings. The maximum atomic E-state index is 5.77. The molecule has 0 aromatic carbocycles. The average molecular weight is 220 g/mol. The molecule has 0 saturated carbocycles. The minimum atomic E-state index is 0.166. The van der Waals surface area contributed by atoms with Gasteiger partial charge in [0.2, 0.25) is 0 Å². The van der Waals surface area contributed by atoms with Crippen LogP contribution in [0.1, 0.15) is 20.3 Å². The molecule has 0 bridgehead atoms. The maximum absolute atomic E-state index is 5.77. The van der Waals surface area contributed by atoms with Crippen molar-refractivity contribution in [3.63, 3.8) is 0 Å². The van der Waals surface area contributed by atoms with E-state index in [-0.39, 0.29) is 6.10 Å². The standard InChI is InChI=1S/C9H11Cl2NO/c1-3-6(2)13-7-4-8(10)9(11)12-5-7/h4-6H,3H2,1-2H3. The highest BCUT2D eigenvalue weighted by atomic mass is 35.5. The van der Waals surface area contributed by atoms with Gasteiger partial charge >= 0.3 is 0 Å². The summed E-state index contributed by atoms with van der Waals surface area (Å²) in [6, 6.07) is 1.67. The van der Waals surface area contributed by atoms with Gasteiger partial charge in [0.1, 0.15) is 10.9 Å². The Morgan fingerprint density at radius 2 is 2.23 bits per heavy atom. The van der Waals surface area contributed by atoms with Crippen LogP contribution in [0.5, 0.6) is 5.75 Å². The van der Waals surface area contributed by atoms with Crippen LogP contribution in [0.25, 0.3) is 0 Å². The molecular formula is C9H11Cl2NO. The number of nitrogens with zero attached hydrogens (tertiary/aromatic N) is 1. The summed E-state index contributed by atoms with van der Waals surface area (Å²) in [5.74, 6) is 0.656. The number of aromatic nitrogens is 1. The van der Waals surface area contributed by atoms with Gasteiger partial charge in [-0.3, -0.25) is 0 Å². The van der Waals surface area contributed by atoms with E-state index in [0.29, 0.717) is 15.9 Å². The highest BCUT2D eigenvalue weighted by molar-refractivity contribution is 6.41. The van der Waals surface area contributed by atoms with Crippen molar-refractivity contribution in [2.75, 3.05) is 0 Å². The van der Waals surface area contributed by atoms with Gasteiger partial charge in [0, 0.05) is 6.07 Å². The molecule has 4 heteroatoms. The van der Waals surface area contributed by atoms with Crippen LogP contribution >= 0.6 is 23.2 Å². The summed E-state index contributed by atoms with van der Waals surface area (Å²) < 4.78 is 5.49. The first-order valence-corrected chi connectivity index (χ1v) is 4.86. The van der Waals surface area contributed by atoms with Crippen molar-refractivity contribution >= 4 is 23.2 Å². The molecule has 2 nitrogen and oxygen atoms in total. The summed E-state index contributed by atoms with van der Waals surface area (Å²) in [6.45, 7) is 4.04. The lowest BCUT2D eigenvalue weighted by atomic mass is 10.3. The Balaban J connectivity index is 2.73. The van der Waals surface area contributed by atoms with Gasteiger partial charge in [0.15, 0.2) is 0 Å². The molecule has 1 atom stereocenters. The average Bonchev–Trinajstić information content (AvgIpc) is 2.11. The second kappa shape index (κ2) is 4.68. The zero-order chi connectivity index (χ0) is 9.84. The largest absolute Gasteiger partial charge is 0.489 e. The summed E-state index contributed by atoms with van der Waals surface area (Å²) in [7, 11) is 0. The van der Waals surface area contributed by atoms with Gasteiger partial charge in [-0.25, -0.2) is 4.98 Å². The number of hydrogen-bond acceptors (Lipinski definition) is 2. The highest BCUT2D eigenvalue weighted by Gasteiger charge is 2.04. The van der Waals surface area contributed by atoms with Crippen molar-refractivity contribution in [3.05, 3.63) is 22.4 Å². The fourth-order valence-electron chi connectivity index (χ4n) is 0.784. The molecule has 0 amide bonds. The van der Waals surface area contributed by atoms with Crippen LogP contribution < -0.4 is 4.74 Å². The molecule has 72 valence electrons. The van der Waals surface area contributed by atoms with E-state index in [1.54, 1.807) is 12.3 Å². The lowest BCUT2D eigenvalue weighted by Gasteiger charge is -2.12. The number of rotatable bonds is 3. The van der Waals surface area contributed by atoms with Gasteiger partial charge in [-0.1, -0.05) is 30.1 Å². The molecule has 13 heavy (non-hydrogen) atoms. The van der Waals surface area contributed by atoms with Gasteiger partial charge in [-0.15, -0.1) is 0 Å². The number of pyridine rings is 1. The van der Waals surface area contributed by atoms with Gasteiger partial charge in [0.25, 0.3) is 0 Å². The Hall–Kier alpha value is -0.470. The van der Waals surface area contributed by atoms with Crippen LogP contribution in [0.4, 0.5) is 0 Å². The summed E-state index contributed by atoms with van der Waals surface area (Å²) in [5, 5.41) is 0.723. The summed E-state index contributed by atoms with van der Waals surface area (Å²) in [4.78, 5) is 3.87. The fourth-order valence-corrected chi connectivity index (χ4v) is 1.04. The molecule has 0 saturated heterocycles. The maximum Gasteiger partial charge on any atom is 0.147 e. The first-order chi connectivity index (χ1) is 6.13. The fraction of sp³-hybridized carbons (Fsp3) is 0.444. The van der Waals surface area contributed by atoms with E-state index in [2.05, 4.69) is 11.9 Å². The van der Waals surface area contributed by atoms with E-state index in [1.165, 1.54) is 0 Å². The van der Waals surface area contributed by atoms with Crippen LogP contribution in [0.15, 0.2) is 12.3 Å². The monoisotopic (exact) mass is 219 g/mol. The third-order valence-corrected chi connectivity index (χ3v) is 2.37. The molecule has 1 unspecified atom stereocenters. The van der Waals surface area contributed by atoms with Crippen molar-refractivity contribution in [3.8, 4) is 5.75 Å². The lowest BCUT2D eigenvalue weighted by molar-refractivity contribution is 0.216. The molecule has 1 aromatic rings. The van der Waals surface area contributed by atoms with Gasteiger partial charge in [-0.05, 0) is 13.3 Å². The first kappa shape index (κ1) is 10.6. The Labute approximate surface area is 87.8 Å². The van der Waals surface area contributed by atoms with E-state index in [4.69, 9.17) is 27.9 Å². The smallest absolute Gasteiger partial charge is 0.147 e. The van der Waals surface area contributed by atoms with Crippen molar-refractivity contribution in [1.82, 2.24) is 4.98 Å². The van der Waals surface area contributed by atoms with Crippen molar-refractivity contribution in [2.24, 2.45) is 0 Å².